The highest BCUT2D eigenvalue weighted by Crippen LogP contribution is 2.44. The van der Waals surface area contributed by atoms with Crippen LogP contribution in [0, 0.1) is 5.41 Å². The number of carbonyl (C=O) groups excluding carboxylic acids is 1. The number of esters is 1. The molecule has 0 aliphatic rings. The maximum Gasteiger partial charge on any atom is 0.404 e. The van der Waals surface area contributed by atoms with E-state index in [0.717, 1.165) is 6.92 Å². The van der Waals surface area contributed by atoms with Crippen molar-refractivity contribution in [3.63, 3.8) is 0 Å². The molecule has 2 nitrogen and oxygen atoms in total. The molecule has 1 unspecified atom stereocenters. The van der Waals surface area contributed by atoms with Crippen molar-refractivity contribution in [1.82, 2.24) is 0 Å². The van der Waals surface area contributed by atoms with Crippen LogP contribution in [0.15, 0.2) is 0 Å². The van der Waals surface area contributed by atoms with Gasteiger partial charge in [0.2, 0.25) is 0 Å². The molecular formula is C13H15F11O2. The third-order valence-corrected chi connectivity index (χ3v) is 3.79. The minimum Gasteiger partial charge on any atom is -0.458 e. The quantitative estimate of drug-likeness (QED) is 0.372. The molecule has 13 heteroatoms. The molecule has 0 aliphatic carbocycles. The number of hydrogen-bond acceptors (Lipinski definition) is 2. The molecule has 1 atom stereocenters. The van der Waals surface area contributed by atoms with Crippen LogP contribution >= 0.6 is 0 Å². The van der Waals surface area contributed by atoms with Gasteiger partial charge in [0, 0.05) is 12.8 Å². The van der Waals surface area contributed by atoms with Crippen LogP contribution in [0.3, 0.4) is 0 Å². The molecule has 0 radical (unpaired) electrons. The second kappa shape index (κ2) is 7.75. The van der Waals surface area contributed by atoms with Crippen molar-refractivity contribution >= 4 is 5.97 Å². The van der Waals surface area contributed by atoms with Crippen molar-refractivity contribution in [2.75, 3.05) is 6.61 Å². The largest absolute Gasteiger partial charge is 0.458 e. The molecule has 0 spiro atoms. The van der Waals surface area contributed by atoms with Crippen LogP contribution in [0.2, 0.25) is 0 Å². The second-order valence-corrected chi connectivity index (χ2v) is 5.73. The summed E-state index contributed by atoms with van der Waals surface area (Å²) in [5.41, 5.74) is -3.25. The van der Waals surface area contributed by atoms with Crippen LogP contribution < -0.4 is 0 Å². The smallest absolute Gasteiger partial charge is 0.404 e. The highest BCUT2D eigenvalue weighted by Gasteiger charge is 2.61. The zero-order valence-corrected chi connectivity index (χ0v) is 13.4. The Bertz CT molecular complexity index is 487. The summed E-state index contributed by atoms with van der Waals surface area (Å²) >= 11 is 0. The van der Waals surface area contributed by atoms with Gasteiger partial charge in [0.25, 0.3) is 0 Å². The van der Waals surface area contributed by atoms with E-state index in [1.807, 2.05) is 0 Å². The molecule has 0 saturated carbocycles. The number of hydrogen-bond donors (Lipinski definition) is 0. The first-order valence-corrected chi connectivity index (χ1v) is 6.99. The van der Waals surface area contributed by atoms with E-state index in [4.69, 9.17) is 0 Å². The zero-order chi connectivity index (χ0) is 21.2. The first-order valence-electron chi connectivity index (χ1n) is 6.99. The average Bonchev–Trinajstić information content (AvgIpc) is 2.48. The Morgan fingerprint density at radius 3 is 1.69 bits per heavy atom. The Hall–Kier alpha value is -1.30. The summed E-state index contributed by atoms with van der Waals surface area (Å²) in [6, 6.07) is 0. The van der Waals surface area contributed by atoms with E-state index in [0.29, 0.717) is 6.92 Å². The predicted octanol–water partition coefficient (Wildman–Crippen LogP) is 5.46. The van der Waals surface area contributed by atoms with Gasteiger partial charge in [0.05, 0.1) is 0 Å². The molecule has 0 heterocycles. The van der Waals surface area contributed by atoms with Gasteiger partial charge in [-0.3, -0.25) is 4.79 Å². The fourth-order valence-electron chi connectivity index (χ4n) is 1.50. The molecule has 26 heavy (non-hydrogen) atoms. The lowest BCUT2D eigenvalue weighted by molar-refractivity contribution is -0.256. The van der Waals surface area contributed by atoms with Crippen molar-refractivity contribution in [2.24, 2.45) is 5.41 Å². The normalized spacial score (nSPS) is 16.5. The molecule has 156 valence electrons. The highest BCUT2D eigenvalue weighted by atomic mass is 19.4. The molecule has 0 aromatic carbocycles. The third-order valence-electron chi connectivity index (χ3n) is 3.79. The van der Waals surface area contributed by atoms with Gasteiger partial charge in [-0.2, -0.15) is 30.7 Å². The van der Waals surface area contributed by atoms with Gasteiger partial charge >= 0.3 is 36.3 Å². The molecule has 0 aromatic rings. The number of carbonyl (C=O) groups is 1. The number of halogens is 11. The van der Waals surface area contributed by atoms with E-state index in [1.54, 1.807) is 0 Å². The lowest BCUT2D eigenvalue weighted by Crippen LogP contribution is -2.49. The molecule has 0 aromatic heterocycles. The molecule has 0 N–H and O–H groups in total. The Kier molecular flexibility index (Phi) is 7.36. The number of ether oxygens (including phenoxy) is 1. The third kappa shape index (κ3) is 5.35. The summed E-state index contributed by atoms with van der Waals surface area (Å²) in [6.07, 6.45) is -15.3. The summed E-state index contributed by atoms with van der Waals surface area (Å²) in [4.78, 5) is 11.4. The van der Waals surface area contributed by atoms with Crippen molar-refractivity contribution in [3.8, 4) is 0 Å². The van der Waals surface area contributed by atoms with Crippen LogP contribution in [0.25, 0.3) is 0 Å². The Morgan fingerprint density at radius 1 is 0.885 bits per heavy atom. The summed E-state index contributed by atoms with van der Waals surface area (Å²) in [5, 5.41) is 0. The Labute approximate surface area is 140 Å². The lowest BCUT2D eigenvalue weighted by Gasteiger charge is -2.31. The number of rotatable bonds is 9. The van der Waals surface area contributed by atoms with Crippen LogP contribution in [0.1, 0.15) is 33.1 Å². The first-order chi connectivity index (χ1) is 11.3. The molecule has 0 fully saturated rings. The topological polar surface area (TPSA) is 26.3 Å². The fourth-order valence-corrected chi connectivity index (χ4v) is 1.50. The van der Waals surface area contributed by atoms with Crippen molar-refractivity contribution in [1.29, 1.82) is 0 Å². The second-order valence-electron chi connectivity index (χ2n) is 5.73. The fraction of sp³-hybridized carbons (Fsp3) is 0.923. The highest BCUT2D eigenvalue weighted by molar-refractivity contribution is 5.77. The van der Waals surface area contributed by atoms with Gasteiger partial charge in [-0.05, 0) is 13.3 Å². The maximum absolute atomic E-state index is 13.4. The summed E-state index contributed by atoms with van der Waals surface area (Å²) < 4.78 is 144. The summed E-state index contributed by atoms with van der Waals surface area (Å²) in [5.74, 6) is -17.9. The monoisotopic (exact) mass is 412 g/mol. The molecule has 0 bridgehead atoms. The molecule has 0 rings (SSSR count). The minimum atomic E-state index is -5.35. The van der Waals surface area contributed by atoms with Crippen molar-refractivity contribution in [3.05, 3.63) is 0 Å². The van der Waals surface area contributed by atoms with Gasteiger partial charge < -0.3 is 4.74 Å². The van der Waals surface area contributed by atoms with Crippen LogP contribution in [0.5, 0.6) is 0 Å². The average molecular weight is 412 g/mol. The lowest BCUT2D eigenvalue weighted by atomic mass is 9.87. The van der Waals surface area contributed by atoms with Gasteiger partial charge in [-0.1, -0.05) is 6.92 Å². The molecule has 0 amide bonds. The van der Waals surface area contributed by atoms with E-state index in [9.17, 15) is 53.1 Å². The molecule has 0 saturated heterocycles. The van der Waals surface area contributed by atoms with Gasteiger partial charge in [0.15, 0.2) is 12.0 Å². The molecular weight excluding hydrogens is 397 g/mol. The van der Waals surface area contributed by atoms with E-state index in [-0.39, 0.29) is 0 Å². The number of alkyl halides is 11. The van der Waals surface area contributed by atoms with E-state index in [2.05, 4.69) is 4.74 Å². The van der Waals surface area contributed by atoms with E-state index in [1.165, 1.54) is 0 Å². The SMILES string of the molecule is CCC(C)(C(=O)OCC(F)(F)C(F)(F)CCC(F)(F)C(F)F)C(F)(F)F. The maximum atomic E-state index is 13.4. The van der Waals surface area contributed by atoms with Crippen LogP contribution in [0.4, 0.5) is 48.3 Å². The van der Waals surface area contributed by atoms with Gasteiger partial charge in [-0.15, -0.1) is 0 Å². The van der Waals surface area contributed by atoms with Crippen LogP contribution in [-0.2, 0) is 9.53 Å². The standard InChI is InChI=1S/C13H15F11O2/c1-3-9(2,13(22,23)24)8(25)26-6-12(20,21)11(18,19)5-4-10(16,17)7(14)15/h7H,3-6H2,1-2H3. The predicted molar refractivity (Wildman–Crippen MR) is 65.5 cm³/mol. The van der Waals surface area contributed by atoms with E-state index < -0.39 is 67.6 Å². The molecule has 0 aliphatic heterocycles. The zero-order valence-electron chi connectivity index (χ0n) is 13.4. The van der Waals surface area contributed by atoms with Crippen LogP contribution in [-0.4, -0.2) is 42.9 Å². The van der Waals surface area contributed by atoms with Crippen molar-refractivity contribution in [2.45, 2.75) is 63.5 Å². The van der Waals surface area contributed by atoms with Crippen molar-refractivity contribution < 1.29 is 57.8 Å². The van der Waals surface area contributed by atoms with E-state index >= 15 is 0 Å². The summed E-state index contributed by atoms with van der Waals surface area (Å²) in [6.45, 7) is -1.37. The Balaban J connectivity index is 5.09. The minimum absolute atomic E-state index is 0.300. The van der Waals surface area contributed by atoms with Gasteiger partial charge in [-0.25, -0.2) is 17.6 Å². The summed E-state index contributed by atoms with van der Waals surface area (Å²) in [7, 11) is 0. The van der Waals surface area contributed by atoms with Gasteiger partial charge in [0.1, 0.15) is 0 Å². The Morgan fingerprint density at radius 2 is 1.35 bits per heavy atom. The first kappa shape index (κ1) is 24.7.